The Morgan fingerprint density at radius 1 is 0.790 bits per heavy atom. The average molecular weight is 872 g/mol. The maximum atomic E-state index is 14.2. The number of carbonyl (C=O) groups is 8. The van der Waals surface area contributed by atoms with Gasteiger partial charge in [0.2, 0.25) is 41.4 Å². The minimum atomic E-state index is -1.39. The van der Waals surface area contributed by atoms with E-state index in [1.54, 1.807) is 26.0 Å². The molecule has 1 aromatic carbocycles. The Bertz CT molecular complexity index is 1670. The first kappa shape index (κ1) is 51.1. The van der Waals surface area contributed by atoms with Crippen LogP contribution in [0.15, 0.2) is 24.3 Å². The number of benzene rings is 1. The number of cyclic esters (lactones) is 1. The van der Waals surface area contributed by atoms with Gasteiger partial charge in [0, 0.05) is 25.8 Å². The lowest BCUT2D eigenvalue weighted by Crippen LogP contribution is -2.59. The molecule has 0 spiro atoms. The predicted molar refractivity (Wildman–Crippen MR) is 229 cm³/mol. The first-order chi connectivity index (χ1) is 29.5. The molecule has 2 saturated heterocycles. The molecule has 0 saturated carbocycles. The number of amides is 7. The molecule has 2 aliphatic rings. The molecule has 18 heteroatoms. The fourth-order valence-corrected chi connectivity index (χ4v) is 7.63. The zero-order chi connectivity index (χ0) is 45.8. The van der Waals surface area contributed by atoms with Crippen LogP contribution in [0.3, 0.4) is 0 Å². The maximum Gasteiger partial charge on any atom is 0.329 e. The van der Waals surface area contributed by atoms with Crippen LogP contribution in [0.25, 0.3) is 0 Å². The second kappa shape index (κ2) is 26.3. The number of esters is 1. The molecule has 9 N–H and O–H groups in total. The lowest BCUT2D eigenvalue weighted by molar-refractivity contribution is -0.155. The largest absolute Gasteiger partial charge is 0.508 e. The zero-order valence-corrected chi connectivity index (χ0v) is 36.7. The Labute approximate surface area is 364 Å². The summed E-state index contributed by atoms with van der Waals surface area (Å²) in [4.78, 5) is 109. The van der Waals surface area contributed by atoms with E-state index in [1.807, 2.05) is 0 Å². The van der Waals surface area contributed by atoms with Crippen LogP contribution in [0.2, 0.25) is 0 Å². The van der Waals surface area contributed by atoms with Crippen LogP contribution in [0.5, 0.6) is 5.75 Å². The highest BCUT2D eigenvalue weighted by Crippen LogP contribution is 2.21. The molecule has 7 amide bonds. The van der Waals surface area contributed by atoms with Gasteiger partial charge >= 0.3 is 5.97 Å². The first-order valence-corrected chi connectivity index (χ1v) is 22.2. The summed E-state index contributed by atoms with van der Waals surface area (Å²) in [6, 6.07) is -1.51. The third-order valence-corrected chi connectivity index (χ3v) is 11.3. The Morgan fingerprint density at radius 2 is 1.42 bits per heavy atom. The van der Waals surface area contributed by atoms with Gasteiger partial charge in [-0.3, -0.25) is 33.6 Å². The van der Waals surface area contributed by atoms with Crippen LogP contribution < -0.4 is 32.3 Å². The number of hydrogen-bond acceptors (Lipinski definition) is 11. The van der Waals surface area contributed by atoms with Crippen LogP contribution >= 0.6 is 0 Å². The summed E-state index contributed by atoms with van der Waals surface area (Å²) in [5.41, 5.74) is 5.97. The van der Waals surface area contributed by atoms with E-state index in [9.17, 15) is 48.6 Å². The first-order valence-electron chi connectivity index (χ1n) is 22.2. The molecule has 18 nitrogen and oxygen atoms in total. The van der Waals surface area contributed by atoms with E-state index in [1.165, 1.54) is 24.0 Å². The van der Waals surface area contributed by atoms with Crippen molar-refractivity contribution in [2.75, 3.05) is 13.2 Å². The summed E-state index contributed by atoms with van der Waals surface area (Å²) in [6.45, 7) is 6.42. The zero-order valence-electron chi connectivity index (χ0n) is 36.7. The molecule has 2 aliphatic heterocycles. The number of nitrogens with zero attached hydrogens (tertiary/aromatic N) is 1. The number of phenols is 1. The van der Waals surface area contributed by atoms with Crippen molar-refractivity contribution in [1.82, 2.24) is 31.5 Å². The summed E-state index contributed by atoms with van der Waals surface area (Å²) in [6.07, 6.45) is 7.57. The van der Waals surface area contributed by atoms with E-state index in [4.69, 9.17) is 10.5 Å². The normalized spacial score (nSPS) is 25.4. The van der Waals surface area contributed by atoms with E-state index in [-0.39, 0.29) is 50.8 Å². The van der Waals surface area contributed by atoms with Crippen LogP contribution in [0.1, 0.15) is 130 Å². The van der Waals surface area contributed by atoms with Gasteiger partial charge in [-0.1, -0.05) is 71.4 Å². The van der Waals surface area contributed by atoms with Gasteiger partial charge < -0.3 is 52.2 Å². The van der Waals surface area contributed by atoms with Crippen molar-refractivity contribution in [2.24, 2.45) is 11.7 Å². The quantitative estimate of drug-likeness (QED) is 0.0925. The molecule has 1 aromatic rings. The summed E-state index contributed by atoms with van der Waals surface area (Å²) in [5.74, 6) is -6.20. The fourth-order valence-electron chi connectivity index (χ4n) is 7.63. The van der Waals surface area contributed by atoms with E-state index in [2.05, 4.69) is 33.5 Å². The molecule has 346 valence electrons. The van der Waals surface area contributed by atoms with Crippen LogP contribution in [0.4, 0.5) is 0 Å². The van der Waals surface area contributed by atoms with Crippen LogP contribution in [-0.4, -0.2) is 118 Å². The number of primary amides is 1. The highest BCUT2D eigenvalue weighted by Gasteiger charge is 2.39. The second-order valence-corrected chi connectivity index (χ2v) is 16.8. The molecule has 0 bridgehead atoms. The number of aliphatic hydroxyl groups excluding tert-OH is 1. The smallest absolute Gasteiger partial charge is 0.329 e. The van der Waals surface area contributed by atoms with Crippen LogP contribution in [0, 0.1) is 5.92 Å². The van der Waals surface area contributed by atoms with Crippen molar-refractivity contribution in [1.29, 1.82) is 0 Å². The fraction of sp³-hybridized carbons (Fsp3) is 0.682. The maximum absolute atomic E-state index is 14.2. The lowest BCUT2D eigenvalue weighted by Gasteiger charge is -2.30. The minimum absolute atomic E-state index is 0.0231. The van der Waals surface area contributed by atoms with Gasteiger partial charge in [0.25, 0.3) is 0 Å². The van der Waals surface area contributed by atoms with E-state index in [0.717, 1.165) is 44.9 Å². The molecule has 2 fully saturated rings. The summed E-state index contributed by atoms with van der Waals surface area (Å²) >= 11 is 0. The van der Waals surface area contributed by atoms with E-state index >= 15 is 0 Å². The summed E-state index contributed by atoms with van der Waals surface area (Å²) in [5, 5.41) is 33.0. The molecule has 0 aliphatic carbocycles. The number of nitrogens with two attached hydrogens (primary N) is 1. The SMILES string of the molecule is CCCCCCCCCC1CCCC(=O)NC(CO)C(=O)NC(C)C(=O)N2CCCC2C(=O)NC(CCC(N)=O)C(=O)NC(Cc2ccc(O)cc2)C(=O)NC(C(C)C)C(=O)O1. The van der Waals surface area contributed by atoms with Gasteiger partial charge in [0.15, 0.2) is 0 Å². The average Bonchev–Trinajstić information content (AvgIpc) is 3.72. The molecule has 7 unspecified atom stereocenters. The number of aromatic hydroxyl groups is 1. The second-order valence-electron chi connectivity index (χ2n) is 16.8. The van der Waals surface area contributed by atoms with Gasteiger partial charge in [-0.05, 0) is 75.5 Å². The number of ether oxygens (including phenoxy) is 1. The molecule has 0 aromatic heterocycles. The summed E-state index contributed by atoms with van der Waals surface area (Å²) in [7, 11) is 0. The summed E-state index contributed by atoms with van der Waals surface area (Å²) < 4.78 is 6.05. The molecule has 0 radical (unpaired) electrons. The van der Waals surface area contributed by atoms with Crippen molar-refractivity contribution in [3.63, 3.8) is 0 Å². The van der Waals surface area contributed by atoms with Gasteiger partial charge in [-0.2, -0.15) is 0 Å². The number of carbonyl (C=O) groups excluding carboxylic acids is 8. The number of phenolic OH excluding ortho intramolecular Hbond substituents is 1. The Morgan fingerprint density at radius 3 is 2.06 bits per heavy atom. The minimum Gasteiger partial charge on any atom is -0.508 e. The molecular formula is C44H69N7O11. The van der Waals surface area contributed by atoms with Crippen molar-refractivity contribution < 1.29 is 53.3 Å². The molecular weight excluding hydrogens is 803 g/mol. The predicted octanol–water partition coefficient (Wildman–Crippen LogP) is 1.52. The highest BCUT2D eigenvalue weighted by atomic mass is 16.5. The van der Waals surface area contributed by atoms with E-state index in [0.29, 0.717) is 24.8 Å². The molecule has 3 rings (SSSR count). The topological polar surface area (TPSA) is 276 Å². The Kier molecular flexibility index (Phi) is 21.6. The standard InChI is InChI=1S/C44H69N7O11/c1-5-6-7-8-9-10-11-14-31-15-12-17-37(55)47-34(26-52)41(58)46-28(4)43(60)51-24-13-16-35(51)42(59)48-32(22-23-36(45)54)39(56)49-33(25-29-18-20-30(53)21-19-29)40(57)50-38(27(2)3)44(61)62-31/h18-21,27-28,31-35,38,52-53H,5-17,22-26H2,1-4H3,(H2,45,54)(H,46,58)(H,47,55)(H,48,59)(H,49,56)(H,50,57). The number of aliphatic hydroxyl groups is 1. The number of nitrogens with one attached hydrogen (secondary N) is 5. The Balaban J connectivity index is 1.99. The number of hydrogen-bond donors (Lipinski definition) is 8. The lowest BCUT2D eigenvalue weighted by atomic mass is 10.00. The molecule has 7 atom stereocenters. The monoisotopic (exact) mass is 872 g/mol. The van der Waals surface area contributed by atoms with E-state index < -0.39 is 102 Å². The van der Waals surface area contributed by atoms with Crippen molar-refractivity contribution in [3.05, 3.63) is 29.8 Å². The van der Waals surface area contributed by atoms with Crippen LogP contribution in [-0.2, 0) is 49.5 Å². The van der Waals surface area contributed by atoms with Crippen molar-refractivity contribution >= 4 is 47.3 Å². The van der Waals surface area contributed by atoms with Gasteiger partial charge in [0.05, 0.1) is 6.61 Å². The van der Waals surface area contributed by atoms with Crippen molar-refractivity contribution in [3.8, 4) is 5.75 Å². The molecule has 2 heterocycles. The Hall–Kier alpha value is -5.26. The van der Waals surface area contributed by atoms with Gasteiger partial charge in [-0.25, -0.2) is 4.79 Å². The number of rotatable bonds is 15. The number of fused-ring (bicyclic) bond motifs is 1. The third kappa shape index (κ3) is 16.9. The highest BCUT2D eigenvalue weighted by molar-refractivity contribution is 5.97. The van der Waals surface area contributed by atoms with Gasteiger partial charge in [-0.15, -0.1) is 0 Å². The third-order valence-electron chi connectivity index (χ3n) is 11.3. The molecule has 62 heavy (non-hydrogen) atoms. The number of unbranched alkanes of at least 4 members (excludes halogenated alkanes) is 6. The van der Waals surface area contributed by atoms with Crippen molar-refractivity contribution in [2.45, 2.75) is 173 Å². The van der Waals surface area contributed by atoms with Gasteiger partial charge in [0.1, 0.15) is 48.1 Å².